The number of methoxy groups -OCH3 is 1. The maximum absolute atomic E-state index is 11.0. The largest absolute Gasteiger partial charge is 0.496 e. The third-order valence-corrected chi connectivity index (χ3v) is 4.65. The van der Waals surface area contributed by atoms with Gasteiger partial charge in [-0.15, -0.1) is 0 Å². The molecule has 0 heterocycles. The van der Waals surface area contributed by atoms with Crippen LogP contribution in [0.5, 0.6) is 11.5 Å². The molecule has 23 heavy (non-hydrogen) atoms. The van der Waals surface area contributed by atoms with Crippen molar-refractivity contribution >= 4 is 5.97 Å². The first-order chi connectivity index (χ1) is 11.2. The van der Waals surface area contributed by atoms with Crippen LogP contribution in [-0.4, -0.2) is 24.8 Å². The average Bonchev–Trinajstić information content (AvgIpc) is 2.58. The van der Waals surface area contributed by atoms with Gasteiger partial charge in [0, 0.05) is 6.07 Å². The Morgan fingerprint density at radius 1 is 1.17 bits per heavy atom. The van der Waals surface area contributed by atoms with Gasteiger partial charge in [0.05, 0.1) is 13.7 Å². The minimum absolute atomic E-state index is 0.160. The highest BCUT2D eigenvalue weighted by molar-refractivity contribution is 5.91. The molecular formula is C19H28O4. The van der Waals surface area contributed by atoms with E-state index in [-0.39, 0.29) is 5.56 Å². The van der Waals surface area contributed by atoms with Gasteiger partial charge in [0.25, 0.3) is 0 Å². The first-order valence-electron chi connectivity index (χ1n) is 8.75. The summed E-state index contributed by atoms with van der Waals surface area (Å²) in [5.41, 5.74) is 0.160. The molecule has 1 saturated carbocycles. The highest BCUT2D eigenvalue weighted by atomic mass is 16.5. The summed E-state index contributed by atoms with van der Waals surface area (Å²) in [6.45, 7) is 0.667. The summed E-state index contributed by atoms with van der Waals surface area (Å²) in [5.74, 6) is 0.972. The van der Waals surface area contributed by atoms with Crippen LogP contribution in [0.2, 0.25) is 0 Å². The van der Waals surface area contributed by atoms with Gasteiger partial charge in [-0.05, 0) is 24.5 Å². The Morgan fingerprint density at radius 2 is 1.96 bits per heavy atom. The van der Waals surface area contributed by atoms with Crippen molar-refractivity contribution in [2.75, 3.05) is 13.7 Å². The minimum atomic E-state index is -0.990. The molecule has 128 valence electrons. The van der Waals surface area contributed by atoms with Gasteiger partial charge < -0.3 is 14.6 Å². The topological polar surface area (TPSA) is 55.8 Å². The van der Waals surface area contributed by atoms with Crippen molar-refractivity contribution < 1.29 is 19.4 Å². The van der Waals surface area contributed by atoms with Crippen LogP contribution in [0.25, 0.3) is 0 Å². The van der Waals surface area contributed by atoms with E-state index < -0.39 is 5.97 Å². The number of benzene rings is 1. The van der Waals surface area contributed by atoms with Crippen LogP contribution >= 0.6 is 0 Å². The SMILES string of the molecule is COc1cc(OCCCCCC2CCCCC2)ccc1C(=O)O. The van der Waals surface area contributed by atoms with Crippen LogP contribution < -0.4 is 9.47 Å². The quantitative estimate of drug-likeness (QED) is 0.657. The van der Waals surface area contributed by atoms with Gasteiger partial charge >= 0.3 is 5.97 Å². The van der Waals surface area contributed by atoms with Crippen molar-refractivity contribution in [2.45, 2.75) is 57.8 Å². The maximum atomic E-state index is 11.0. The summed E-state index contributed by atoms with van der Waals surface area (Å²) in [6.07, 6.45) is 12.0. The van der Waals surface area contributed by atoms with E-state index in [1.165, 1.54) is 64.5 Å². The number of hydrogen-bond donors (Lipinski definition) is 1. The third kappa shape index (κ3) is 5.77. The lowest BCUT2D eigenvalue weighted by Gasteiger charge is -2.21. The lowest BCUT2D eigenvalue weighted by atomic mass is 9.86. The Bertz CT molecular complexity index is 492. The van der Waals surface area contributed by atoms with Crippen molar-refractivity contribution in [1.29, 1.82) is 0 Å². The molecule has 1 aliphatic rings. The van der Waals surface area contributed by atoms with E-state index in [0.29, 0.717) is 18.1 Å². The van der Waals surface area contributed by atoms with Gasteiger partial charge in [0.15, 0.2) is 0 Å². The average molecular weight is 320 g/mol. The van der Waals surface area contributed by atoms with Crippen molar-refractivity contribution in [3.8, 4) is 11.5 Å². The first-order valence-corrected chi connectivity index (χ1v) is 8.75. The number of carboxylic acids is 1. The molecule has 1 aromatic carbocycles. The van der Waals surface area contributed by atoms with Gasteiger partial charge in [0.2, 0.25) is 0 Å². The van der Waals surface area contributed by atoms with E-state index in [2.05, 4.69) is 0 Å². The lowest BCUT2D eigenvalue weighted by Crippen LogP contribution is -2.06. The van der Waals surface area contributed by atoms with E-state index in [1.54, 1.807) is 12.1 Å². The molecule has 0 atom stereocenters. The maximum Gasteiger partial charge on any atom is 0.339 e. The normalized spacial score (nSPS) is 15.3. The molecule has 0 bridgehead atoms. The number of rotatable bonds is 9. The molecule has 0 unspecified atom stereocenters. The fraction of sp³-hybridized carbons (Fsp3) is 0.632. The molecule has 4 nitrogen and oxygen atoms in total. The van der Waals surface area contributed by atoms with E-state index >= 15 is 0 Å². The van der Waals surface area contributed by atoms with Crippen LogP contribution in [0, 0.1) is 5.92 Å². The second kappa shape index (κ2) is 9.43. The summed E-state index contributed by atoms with van der Waals surface area (Å²) in [5, 5.41) is 9.05. The van der Waals surface area contributed by atoms with Gasteiger partial charge in [0.1, 0.15) is 17.1 Å². The standard InChI is InChI=1S/C19H28O4/c1-22-18-14-16(11-12-17(18)19(20)21)23-13-7-3-6-10-15-8-4-2-5-9-15/h11-12,14-15H,2-10,13H2,1H3,(H,20,21). The monoisotopic (exact) mass is 320 g/mol. The molecule has 0 aromatic heterocycles. The summed E-state index contributed by atoms with van der Waals surface area (Å²) < 4.78 is 10.8. The van der Waals surface area contributed by atoms with Crippen molar-refractivity contribution in [1.82, 2.24) is 0 Å². The Kier molecular flexibility index (Phi) is 7.24. The molecule has 1 fully saturated rings. The summed E-state index contributed by atoms with van der Waals surface area (Å²) in [4.78, 5) is 11.0. The van der Waals surface area contributed by atoms with Crippen LogP contribution in [0.15, 0.2) is 18.2 Å². The minimum Gasteiger partial charge on any atom is -0.496 e. The zero-order valence-corrected chi connectivity index (χ0v) is 14.1. The zero-order valence-electron chi connectivity index (χ0n) is 14.1. The second-order valence-electron chi connectivity index (χ2n) is 6.37. The smallest absolute Gasteiger partial charge is 0.339 e. The molecule has 2 rings (SSSR count). The number of hydrogen-bond acceptors (Lipinski definition) is 3. The zero-order chi connectivity index (χ0) is 16.5. The number of aromatic carboxylic acids is 1. The summed E-state index contributed by atoms with van der Waals surface area (Å²) in [6, 6.07) is 4.86. The predicted octanol–water partition coefficient (Wildman–Crippen LogP) is 4.91. The number of ether oxygens (including phenoxy) is 2. The number of carbonyl (C=O) groups is 1. The number of carboxylic acid groups (broad SMARTS) is 1. The fourth-order valence-corrected chi connectivity index (χ4v) is 3.32. The lowest BCUT2D eigenvalue weighted by molar-refractivity contribution is 0.0693. The summed E-state index contributed by atoms with van der Waals surface area (Å²) >= 11 is 0. The Hall–Kier alpha value is -1.71. The molecule has 0 radical (unpaired) electrons. The van der Waals surface area contributed by atoms with E-state index in [0.717, 1.165) is 12.3 Å². The molecule has 1 N–H and O–H groups in total. The summed E-state index contributed by atoms with van der Waals surface area (Å²) in [7, 11) is 1.47. The van der Waals surface area contributed by atoms with E-state index in [9.17, 15) is 4.79 Å². The van der Waals surface area contributed by atoms with Crippen molar-refractivity contribution in [2.24, 2.45) is 5.92 Å². The van der Waals surface area contributed by atoms with Crippen LogP contribution in [0.1, 0.15) is 68.1 Å². The molecular weight excluding hydrogens is 292 g/mol. The number of unbranched alkanes of at least 4 members (excludes halogenated alkanes) is 2. The Morgan fingerprint density at radius 3 is 2.65 bits per heavy atom. The van der Waals surface area contributed by atoms with Crippen LogP contribution in [-0.2, 0) is 0 Å². The van der Waals surface area contributed by atoms with Gasteiger partial charge in [-0.25, -0.2) is 4.79 Å². The molecule has 4 heteroatoms. The Labute approximate surface area is 138 Å². The molecule has 0 amide bonds. The van der Waals surface area contributed by atoms with Crippen LogP contribution in [0.4, 0.5) is 0 Å². The van der Waals surface area contributed by atoms with Crippen molar-refractivity contribution in [3.05, 3.63) is 23.8 Å². The Balaban J connectivity index is 1.65. The van der Waals surface area contributed by atoms with E-state index in [1.807, 2.05) is 0 Å². The fourth-order valence-electron chi connectivity index (χ4n) is 3.32. The van der Waals surface area contributed by atoms with Crippen molar-refractivity contribution in [3.63, 3.8) is 0 Å². The first kappa shape index (κ1) is 17.6. The molecule has 1 aliphatic carbocycles. The second-order valence-corrected chi connectivity index (χ2v) is 6.37. The van der Waals surface area contributed by atoms with Gasteiger partial charge in [-0.1, -0.05) is 51.4 Å². The van der Waals surface area contributed by atoms with Gasteiger partial charge in [-0.3, -0.25) is 0 Å². The molecule has 0 aliphatic heterocycles. The van der Waals surface area contributed by atoms with Crippen LogP contribution in [0.3, 0.4) is 0 Å². The van der Waals surface area contributed by atoms with Gasteiger partial charge in [-0.2, -0.15) is 0 Å². The predicted molar refractivity (Wildman–Crippen MR) is 90.5 cm³/mol. The highest BCUT2D eigenvalue weighted by Gasteiger charge is 2.13. The van der Waals surface area contributed by atoms with E-state index in [4.69, 9.17) is 14.6 Å². The molecule has 1 aromatic rings. The molecule has 0 spiro atoms. The molecule has 0 saturated heterocycles. The third-order valence-electron chi connectivity index (χ3n) is 4.65. The highest BCUT2D eigenvalue weighted by Crippen LogP contribution is 2.28.